The third kappa shape index (κ3) is 6.65. The molecule has 8 nitrogen and oxygen atoms in total. The lowest BCUT2D eigenvalue weighted by Gasteiger charge is -2.33. The highest BCUT2D eigenvalue weighted by Crippen LogP contribution is 2.30. The van der Waals surface area contributed by atoms with Crippen molar-refractivity contribution < 1.29 is 22.7 Å². The maximum Gasteiger partial charge on any atom is 0.264 e. The molecule has 1 unspecified atom stereocenters. The molecule has 2 amide bonds. The molecule has 0 radical (unpaired) electrons. The smallest absolute Gasteiger partial charge is 0.264 e. The number of halogens is 1. The summed E-state index contributed by atoms with van der Waals surface area (Å²) in [6.45, 7) is 3.12. The number of likely N-dealkylation sites (N-methyl/N-ethyl adjacent to an activating group) is 1. The molecular formula is C28H32ClN3O5S. The number of nitrogens with one attached hydrogen (secondary N) is 1. The summed E-state index contributed by atoms with van der Waals surface area (Å²) in [5.74, 6) is -0.220. The number of ether oxygens (including phenoxy) is 1. The maximum absolute atomic E-state index is 13.9. The quantitative estimate of drug-likeness (QED) is 0.377. The molecule has 1 N–H and O–H groups in total. The van der Waals surface area contributed by atoms with Crippen molar-refractivity contribution in [1.29, 1.82) is 0 Å². The predicted octanol–water partition coefficient (Wildman–Crippen LogP) is 4.41. The molecule has 0 saturated carbocycles. The number of hydrogen-bond acceptors (Lipinski definition) is 5. The lowest BCUT2D eigenvalue weighted by atomic mass is 10.1. The zero-order valence-corrected chi connectivity index (χ0v) is 23.4. The zero-order chi connectivity index (χ0) is 27.9. The first kappa shape index (κ1) is 29.0. The van der Waals surface area contributed by atoms with E-state index in [1.165, 1.54) is 30.1 Å². The zero-order valence-electron chi connectivity index (χ0n) is 21.8. The molecule has 0 aliphatic carbocycles. The summed E-state index contributed by atoms with van der Waals surface area (Å²) >= 11 is 6.24. The van der Waals surface area contributed by atoms with Gasteiger partial charge in [-0.15, -0.1) is 0 Å². The molecule has 0 saturated heterocycles. The normalized spacial score (nSPS) is 11.9. The number of hydrogen-bond donors (Lipinski definition) is 1. The van der Waals surface area contributed by atoms with Crippen molar-refractivity contribution in [2.75, 3.05) is 25.0 Å². The number of anilines is 1. The van der Waals surface area contributed by atoms with Gasteiger partial charge < -0.3 is 15.0 Å². The van der Waals surface area contributed by atoms with Gasteiger partial charge in [0.2, 0.25) is 11.8 Å². The van der Waals surface area contributed by atoms with Gasteiger partial charge in [-0.2, -0.15) is 0 Å². The summed E-state index contributed by atoms with van der Waals surface area (Å²) < 4.78 is 33.9. The minimum atomic E-state index is -4.15. The molecule has 10 heteroatoms. The minimum absolute atomic E-state index is 0.0345. The second-order valence-corrected chi connectivity index (χ2v) is 11.0. The van der Waals surface area contributed by atoms with Gasteiger partial charge in [0.25, 0.3) is 10.0 Å². The topological polar surface area (TPSA) is 96.0 Å². The van der Waals surface area contributed by atoms with Crippen LogP contribution < -0.4 is 14.4 Å². The van der Waals surface area contributed by atoms with E-state index in [2.05, 4.69) is 5.32 Å². The molecule has 0 fully saturated rings. The van der Waals surface area contributed by atoms with Crippen LogP contribution in [0, 0.1) is 6.92 Å². The number of amides is 2. The summed E-state index contributed by atoms with van der Waals surface area (Å²) in [5.41, 5.74) is 1.67. The average Bonchev–Trinajstić information content (AvgIpc) is 2.93. The van der Waals surface area contributed by atoms with Crippen molar-refractivity contribution in [3.63, 3.8) is 0 Å². The van der Waals surface area contributed by atoms with Gasteiger partial charge in [0.05, 0.1) is 17.7 Å². The third-order valence-electron chi connectivity index (χ3n) is 6.19. The van der Waals surface area contributed by atoms with Crippen molar-refractivity contribution in [2.45, 2.75) is 37.8 Å². The maximum atomic E-state index is 13.9. The molecule has 3 rings (SSSR count). The lowest BCUT2D eigenvalue weighted by molar-refractivity contribution is -0.140. The van der Waals surface area contributed by atoms with E-state index in [0.717, 1.165) is 9.87 Å². The molecule has 0 aromatic heterocycles. The minimum Gasteiger partial charge on any atom is -0.497 e. The Morgan fingerprint density at radius 1 is 1.03 bits per heavy atom. The van der Waals surface area contributed by atoms with Crippen molar-refractivity contribution in [2.24, 2.45) is 0 Å². The van der Waals surface area contributed by atoms with E-state index in [1.54, 1.807) is 75.6 Å². The summed E-state index contributed by atoms with van der Waals surface area (Å²) in [4.78, 5) is 28.2. The van der Waals surface area contributed by atoms with Crippen LogP contribution in [0.3, 0.4) is 0 Å². The van der Waals surface area contributed by atoms with E-state index in [9.17, 15) is 18.0 Å². The molecule has 38 heavy (non-hydrogen) atoms. The van der Waals surface area contributed by atoms with Gasteiger partial charge in [0, 0.05) is 18.6 Å². The van der Waals surface area contributed by atoms with Gasteiger partial charge >= 0.3 is 0 Å². The first-order chi connectivity index (χ1) is 18.1. The van der Waals surface area contributed by atoms with E-state index >= 15 is 0 Å². The Bertz CT molecular complexity index is 1360. The van der Waals surface area contributed by atoms with Gasteiger partial charge in [-0.1, -0.05) is 54.9 Å². The van der Waals surface area contributed by atoms with Crippen LogP contribution in [0.2, 0.25) is 5.02 Å². The summed E-state index contributed by atoms with van der Waals surface area (Å²) in [6, 6.07) is 19.1. The van der Waals surface area contributed by atoms with E-state index in [4.69, 9.17) is 16.3 Å². The SMILES string of the molecule is CCC(C(=O)NC)N(Cc1ccc(OC)cc1)C(=O)CN(c1cc(Cl)ccc1C)S(=O)(=O)c1ccccc1. The van der Waals surface area contributed by atoms with Crippen molar-refractivity contribution in [1.82, 2.24) is 10.2 Å². The van der Waals surface area contributed by atoms with Gasteiger partial charge in [-0.3, -0.25) is 13.9 Å². The number of benzene rings is 3. The first-order valence-corrected chi connectivity index (χ1v) is 13.9. The number of carbonyl (C=O) groups is 2. The summed E-state index contributed by atoms with van der Waals surface area (Å²) in [7, 11) is -1.09. The molecule has 1 atom stereocenters. The van der Waals surface area contributed by atoms with Crippen LogP contribution in [0.15, 0.2) is 77.7 Å². The van der Waals surface area contributed by atoms with Crippen molar-refractivity contribution >= 4 is 39.1 Å². The Balaban J connectivity index is 2.08. The first-order valence-electron chi connectivity index (χ1n) is 12.1. The number of rotatable bonds is 11. The second-order valence-electron chi connectivity index (χ2n) is 8.66. The van der Waals surface area contributed by atoms with Crippen molar-refractivity contribution in [3.05, 3.63) is 88.9 Å². The largest absolute Gasteiger partial charge is 0.497 e. The highest BCUT2D eigenvalue weighted by atomic mass is 35.5. The van der Waals surface area contributed by atoms with Gasteiger partial charge in [-0.25, -0.2) is 8.42 Å². The number of sulfonamides is 1. The Kier molecular flexibility index (Phi) is 9.77. The molecule has 3 aromatic rings. The summed E-state index contributed by atoms with van der Waals surface area (Å²) in [5, 5.41) is 2.94. The molecule has 3 aromatic carbocycles. The van der Waals surface area contributed by atoms with Crippen molar-refractivity contribution in [3.8, 4) is 5.75 Å². The highest BCUT2D eigenvalue weighted by molar-refractivity contribution is 7.92. The predicted molar refractivity (Wildman–Crippen MR) is 149 cm³/mol. The van der Waals surface area contributed by atoms with Crippen LogP contribution in [-0.2, 0) is 26.2 Å². The second kappa shape index (κ2) is 12.8. The molecule has 0 aliphatic rings. The molecule has 0 heterocycles. The highest BCUT2D eigenvalue weighted by Gasteiger charge is 2.34. The fourth-order valence-corrected chi connectivity index (χ4v) is 5.76. The standard InChI is InChI=1S/C28H32ClN3O5S/c1-5-25(28(34)30-3)31(18-21-12-15-23(37-4)16-13-21)27(33)19-32(26-17-22(29)14-11-20(26)2)38(35,36)24-9-7-6-8-10-24/h6-17,25H,5,18-19H2,1-4H3,(H,30,34). The van der Waals surface area contributed by atoms with Crippen LogP contribution in [-0.4, -0.2) is 51.9 Å². The van der Waals surface area contributed by atoms with Crippen LogP contribution in [0.5, 0.6) is 5.75 Å². The van der Waals surface area contributed by atoms with Gasteiger partial charge in [-0.05, 0) is 60.9 Å². The number of methoxy groups -OCH3 is 1. The summed E-state index contributed by atoms with van der Waals surface area (Å²) in [6.07, 6.45) is 0.337. The van der Waals surface area contributed by atoms with Crippen LogP contribution >= 0.6 is 11.6 Å². The molecule has 0 bridgehead atoms. The van der Waals surface area contributed by atoms with Crippen LogP contribution in [0.1, 0.15) is 24.5 Å². The Labute approximate surface area is 229 Å². The van der Waals surface area contributed by atoms with Crippen LogP contribution in [0.25, 0.3) is 0 Å². The Morgan fingerprint density at radius 2 is 1.68 bits per heavy atom. The van der Waals surface area contributed by atoms with Gasteiger partial charge in [0.1, 0.15) is 18.3 Å². The average molecular weight is 558 g/mol. The number of nitrogens with zero attached hydrogens (tertiary/aromatic N) is 2. The molecule has 202 valence electrons. The number of aryl methyl sites for hydroxylation is 1. The fraction of sp³-hybridized carbons (Fsp3) is 0.286. The Hall–Kier alpha value is -3.56. The van der Waals surface area contributed by atoms with Crippen LogP contribution in [0.4, 0.5) is 5.69 Å². The van der Waals surface area contributed by atoms with E-state index in [-0.39, 0.29) is 23.0 Å². The number of carbonyl (C=O) groups excluding carboxylic acids is 2. The lowest BCUT2D eigenvalue weighted by Crippen LogP contribution is -2.51. The Morgan fingerprint density at radius 3 is 2.26 bits per heavy atom. The van der Waals surface area contributed by atoms with E-state index in [0.29, 0.717) is 22.8 Å². The molecular weight excluding hydrogens is 526 g/mol. The molecule has 0 spiro atoms. The third-order valence-corrected chi connectivity index (χ3v) is 8.20. The molecule has 0 aliphatic heterocycles. The monoisotopic (exact) mass is 557 g/mol. The fourth-order valence-electron chi connectivity index (χ4n) is 4.10. The van der Waals surface area contributed by atoms with Gasteiger partial charge in [0.15, 0.2) is 0 Å². The van der Waals surface area contributed by atoms with E-state index < -0.39 is 28.5 Å². The van der Waals surface area contributed by atoms with E-state index in [1.807, 2.05) is 0 Å².